The first-order valence-corrected chi connectivity index (χ1v) is 12.3. The van der Waals surface area contributed by atoms with Crippen molar-refractivity contribution in [3.8, 4) is 0 Å². The molecule has 0 fully saturated rings. The van der Waals surface area contributed by atoms with Crippen LogP contribution in [-0.2, 0) is 28.3 Å². The summed E-state index contributed by atoms with van der Waals surface area (Å²) in [6, 6.07) is 19.4. The number of hydrogen-bond acceptors (Lipinski definition) is 4. The smallest absolute Gasteiger partial charge is 0.247 e. The van der Waals surface area contributed by atoms with Crippen LogP contribution in [0.1, 0.15) is 37.0 Å². The Morgan fingerprint density at radius 3 is 2.52 bits per heavy atom. The van der Waals surface area contributed by atoms with E-state index in [2.05, 4.69) is 16.4 Å². The predicted octanol–water partition coefficient (Wildman–Crippen LogP) is 5.31. The zero-order chi connectivity index (χ0) is 23.2. The molecule has 1 aliphatic heterocycles. The molecule has 1 atom stereocenters. The van der Waals surface area contributed by atoms with Gasteiger partial charge in [0.25, 0.3) is 0 Å². The van der Waals surface area contributed by atoms with Gasteiger partial charge in [-0.25, -0.2) is 0 Å². The summed E-state index contributed by atoms with van der Waals surface area (Å²) in [4.78, 5) is 33.2. The zero-order valence-corrected chi connectivity index (χ0v) is 19.8. The van der Waals surface area contributed by atoms with Crippen molar-refractivity contribution in [1.29, 1.82) is 0 Å². The van der Waals surface area contributed by atoms with Crippen molar-refractivity contribution in [2.45, 2.75) is 49.9 Å². The van der Waals surface area contributed by atoms with Gasteiger partial charge in [0.15, 0.2) is 0 Å². The maximum absolute atomic E-state index is 13.3. The SMILES string of the molecule is CC(C)CC(=O)N1Cc2ccccc2CC1C(=O)Nc1ccc(SCc2cccnc2)cc1. The normalized spacial score (nSPS) is 15.2. The summed E-state index contributed by atoms with van der Waals surface area (Å²) in [5.74, 6) is 0.975. The molecule has 5 nitrogen and oxygen atoms in total. The lowest BCUT2D eigenvalue weighted by atomic mass is 9.92. The number of aromatic nitrogens is 1. The Labute approximate surface area is 199 Å². The molecule has 0 bridgehead atoms. The molecular weight excluding hydrogens is 430 g/mol. The van der Waals surface area contributed by atoms with Gasteiger partial charge < -0.3 is 10.2 Å². The van der Waals surface area contributed by atoms with E-state index in [0.717, 1.165) is 27.5 Å². The third-order valence-electron chi connectivity index (χ3n) is 5.70. The summed E-state index contributed by atoms with van der Waals surface area (Å²) >= 11 is 1.73. The molecule has 170 valence electrons. The third kappa shape index (κ3) is 6.02. The molecule has 3 aromatic rings. The van der Waals surface area contributed by atoms with Crippen LogP contribution in [0.4, 0.5) is 5.69 Å². The molecule has 6 heteroatoms. The Morgan fingerprint density at radius 2 is 1.82 bits per heavy atom. The van der Waals surface area contributed by atoms with Crippen LogP contribution >= 0.6 is 11.8 Å². The van der Waals surface area contributed by atoms with Gasteiger partial charge in [-0.05, 0) is 52.9 Å². The number of carbonyl (C=O) groups excluding carboxylic acids is 2. The van der Waals surface area contributed by atoms with Gasteiger partial charge in [0.05, 0.1) is 0 Å². The monoisotopic (exact) mass is 459 g/mol. The topological polar surface area (TPSA) is 62.3 Å². The van der Waals surface area contributed by atoms with E-state index in [-0.39, 0.29) is 17.7 Å². The lowest BCUT2D eigenvalue weighted by Gasteiger charge is -2.36. The highest BCUT2D eigenvalue weighted by atomic mass is 32.2. The van der Waals surface area contributed by atoms with Crippen molar-refractivity contribution >= 4 is 29.3 Å². The van der Waals surface area contributed by atoms with E-state index in [9.17, 15) is 9.59 Å². The summed E-state index contributed by atoms with van der Waals surface area (Å²) in [5.41, 5.74) is 4.16. The molecule has 0 radical (unpaired) electrons. The number of thioether (sulfide) groups is 1. The number of nitrogens with zero attached hydrogens (tertiary/aromatic N) is 2. The third-order valence-corrected chi connectivity index (χ3v) is 6.79. The Balaban J connectivity index is 1.43. The molecule has 2 heterocycles. The van der Waals surface area contributed by atoms with Crippen LogP contribution in [0.2, 0.25) is 0 Å². The Hall–Kier alpha value is -3.12. The van der Waals surface area contributed by atoms with E-state index in [1.807, 2.05) is 74.6 Å². The van der Waals surface area contributed by atoms with Gasteiger partial charge in [-0.15, -0.1) is 11.8 Å². The number of benzene rings is 2. The van der Waals surface area contributed by atoms with E-state index in [1.54, 1.807) is 22.9 Å². The van der Waals surface area contributed by atoms with Crippen LogP contribution in [0, 0.1) is 5.92 Å². The minimum Gasteiger partial charge on any atom is -0.326 e. The van der Waals surface area contributed by atoms with Crippen LogP contribution in [0.3, 0.4) is 0 Å². The largest absolute Gasteiger partial charge is 0.326 e. The van der Waals surface area contributed by atoms with E-state index >= 15 is 0 Å². The fourth-order valence-corrected chi connectivity index (χ4v) is 4.83. The summed E-state index contributed by atoms with van der Waals surface area (Å²) < 4.78 is 0. The van der Waals surface area contributed by atoms with E-state index in [4.69, 9.17) is 0 Å². The summed E-state index contributed by atoms with van der Waals surface area (Å²) in [6.45, 7) is 4.53. The lowest BCUT2D eigenvalue weighted by molar-refractivity contribution is -0.140. The standard InChI is InChI=1S/C27H29N3O2S/c1-19(2)14-26(31)30-17-22-8-4-3-7-21(22)15-25(30)27(32)29-23-9-11-24(12-10-23)33-18-20-6-5-13-28-16-20/h3-13,16,19,25H,14-15,17-18H2,1-2H3,(H,29,32). The first kappa shape index (κ1) is 23.1. The Kier molecular flexibility index (Phi) is 7.45. The van der Waals surface area contributed by atoms with Crippen molar-refractivity contribution in [3.63, 3.8) is 0 Å². The van der Waals surface area contributed by atoms with Crippen molar-refractivity contribution in [1.82, 2.24) is 9.88 Å². The Morgan fingerprint density at radius 1 is 1.06 bits per heavy atom. The molecule has 2 aromatic carbocycles. The lowest BCUT2D eigenvalue weighted by Crippen LogP contribution is -2.50. The molecule has 4 rings (SSSR count). The fourth-order valence-electron chi connectivity index (χ4n) is 4.00. The van der Waals surface area contributed by atoms with Crippen molar-refractivity contribution < 1.29 is 9.59 Å². The highest BCUT2D eigenvalue weighted by Gasteiger charge is 2.34. The molecule has 0 spiro atoms. The van der Waals surface area contributed by atoms with Gasteiger partial charge in [0, 0.05) is 48.1 Å². The van der Waals surface area contributed by atoms with Gasteiger partial charge in [-0.3, -0.25) is 14.6 Å². The van der Waals surface area contributed by atoms with Gasteiger partial charge >= 0.3 is 0 Å². The minimum atomic E-state index is -0.509. The maximum atomic E-state index is 13.3. The fraction of sp³-hybridized carbons (Fsp3) is 0.296. The van der Waals surface area contributed by atoms with Crippen molar-refractivity contribution in [3.05, 3.63) is 89.7 Å². The number of nitrogens with one attached hydrogen (secondary N) is 1. The van der Waals surface area contributed by atoms with Crippen molar-refractivity contribution in [2.75, 3.05) is 5.32 Å². The van der Waals surface area contributed by atoms with Crippen LogP contribution in [0.25, 0.3) is 0 Å². The molecule has 0 saturated carbocycles. The molecule has 33 heavy (non-hydrogen) atoms. The first-order chi connectivity index (χ1) is 16.0. The van der Waals surface area contributed by atoms with E-state index in [0.29, 0.717) is 19.4 Å². The van der Waals surface area contributed by atoms with Gasteiger partial charge in [0.1, 0.15) is 6.04 Å². The number of rotatable bonds is 7. The van der Waals surface area contributed by atoms with Crippen LogP contribution < -0.4 is 5.32 Å². The van der Waals surface area contributed by atoms with E-state index in [1.165, 1.54) is 5.56 Å². The van der Waals surface area contributed by atoms with Gasteiger partial charge in [-0.1, -0.05) is 44.2 Å². The number of hydrogen-bond donors (Lipinski definition) is 1. The first-order valence-electron chi connectivity index (χ1n) is 11.3. The van der Waals surface area contributed by atoms with Crippen molar-refractivity contribution in [2.24, 2.45) is 5.92 Å². The van der Waals surface area contributed by atoms with E-state index < -0.39 is 6.04 Å². The second-order valence-corrected chi connectivity index (χ2v) is 9.82. The summed E-state index contributed by atoms with van der Waals surface area (Å²) in [6.07, 6.45) is 4.62. The van der Waals surface area contributed by atoms with Crippen LogP contribution in [-0.4, -0.2) is 27.7 Å². The maximum Gasteiger partial charge on any atom is 0.247 e. The summed E-state index contributed by atoms with van der Waals surface area (Å²) in [7, 11) is 0. The molecule has 1 aromatic heterocycles. The quantitative estimate of drug-likeness (QED) is 0.486. The minimum absolute atomic E-state index is 0.0294. The Bertz CT molecular complexity index is 1100. The highest BCUT2D eigenvalue weighted by Crippen LogP contribution is 2.27. The average molecular weight is 460 g/mol. The molecule has 2 amide bonds. The van der Waals surface area contributed by atoms with Crippen LogP contribution in [0.15, 0.2) is 78.0 Å². The van der Waals surface area contributed by atoms with Gasteiger partial charge in [-0.2, -0.15) is 0 Å². The second kappa shape index (κ2) is 10.7. The molecular formula is C27H29N3O2S. The number of pyridine rings is 1. The zero-order valence-electron chi connectivity index (χ0n) is 19.0. The molecule has 1 aliphatic rings. The number of carbonyl (C=O) groups is 2. The molecule has 1 unspecified atom stereocenters. The average Bonchev–Trinajstić information content (AvgIpc) is 2.83. The molecule has 1 N–H and O–H groups in total. The summed E-state index contributed by atoms with van der Waals surface area (Å²) in [5, 5.41) is 3.03. The number of anilines is 1. The second-order valence-electron chi connectivity index (χ2n) is 8.77. The predicted molar refractivity (Wildman–Crippen MR) is 133 cm³/mol. The molecule has 0 saturated heterocycles. The van der Waals surface area contributed by atoms with Gasteiger partial charge in [0.2, 0.25) is 11.8 Å². The number of amides is 2. The van der Waals surface area contributed by atoms with Crippen LogP contribution in [0.5, 0.6) is 0 Å². The highest BCUT2D eigenvalue weighted by molar-refractivity contribution is 7.98. The molecule has 0 aliphatic carbocycles. The number of fused-ring (bicyclic) bond motifs is 1.